The fourth-order valence-electron chi connectivity index (χ4n) is 3.91. The molecular weight excluding hydrogens is 509 g/mol. The minimum Gasteiger partial charge on any atom is -0.497 e. The quantitative estimate of drug-likeness (QED) is 0.255. The van der Waals surface area contributed by atoms with Gasteiger partial charge < -0.3 is 23.8 Å². The van der Waals surface area contributed by atoms with Crippen molar-refractivity contribution in [2.75, 3.05) is 20.3 Å². The monoisotopic (exact) mass is 539 g/mol. The second kappa shape index (κ2) is 11.7. The van der Waals surface area contributed by atoms with Crippen molar-refractivity contribution in [1.29, 1.82) is 0 Å². The van der Waals surface area contributed by atoms with Crippen LogP contribution in [0.2, 0.25) is 0 Å². The fraction of sp³-hybridized carbons (Fsp3) is 0.308. The molecule has 1 unspecified atom stereocenters. The topological polar surface area (TPSA) is 126 Å². The number of carbonyl (C=O) groups is 1. The third-order valence-corrected chi connectivity index (χ3v) is 7.86. The molecule has 0 bridgehead atoms. The number of aromatic nitrogens is 4. The molecule has 0 saturated carbocycles. The van der Waals surface area contributed by atoms with Crippen molar-refractivity contribution in [3.8, 4) is 17.5 Å². The Morgan fingerprint density at radius 1 is 1.03 bits per heavy atom. The zero-order chi connectivity index (χ0) is 27.3. The Morgan fingerprint density at radius 2 is 1.71 bits per heavy atom. The van der Waals surface area contributed by atoms with Crippen LogP contribution in [0.1, 0.15) is 46.9 Å². The van der Waals surface area contributed by atoms with Gasteiger partial charge in [0.15, 0.2) is 5.78 Å². The number of methoxy groups -OCH3 is 1. The summed E-state index contributed by atoms with van der Waals surface area (Å²) >= 11 is 0. The molecule has 1 amide bonds. The summed E-state index contributed by atoms with van der Waals surface area (Å²) in [5.74, 6) is -0.424. The van der Waals surface area contributed by atoms with Gasteiger partial charge in [0.25, 0.3) is 11.7 Å². The fourth-order valence-corrected chi connectivity index (χ4v) is 5.82. The lowest BCUT2D eigenvalue weighted by atomic mass is 10.1. The lowest BCUT2D eigenvalue weighted by molar-refractivity contribution is 0.0934. The highest BCUT2D eigenvalue weighted by atomic mass is 31.2. The Morgan fingerprint density at radius 3 is 2.37 bits per heavy atom. The first-order chi connectivity index (χ1) is 18.3. The number of nitrogens with one attached hydrogen (secondary N) is 1. The number of carbonyl (C=O) groups excluding carboxylic acids is 1. The van der Waals surface area contributed by atoms with Crippen LogP contribution in [0.3, 0.4) is 0 Å². The van der Waals surface area contributed by atoms with E-state index in [4.69, 9.17) is 18.5 Å². The molecule has 12 heteroatoms. The highest BCUT2D eigenvalue weighted by Crippen LogP contribution is 2.59. The van der Waals surface area contributed by atoms with E-state index < -0.39 is 19.3 Å². The number of hydrogen-bond acceptors (Lipinski definition) is 9. The molecule has 2 aromatic carbocycles. The third kappa shape index (κ3) is 5.85. The predicted molar refractivity (Wildman–Crippen MR) is 141 cm³/mol. The van der Waals surface area contributed by atoms with E-state index in [9.17, 15) is 9.36 Å². The zero-order valence-corrected chi connectivity index (χ0v) is 22.8. The minimum atomic E-state index is -3.81. The lowest BCUT2D eigenvalue weighted by Gasteiger charge is -2.27. The summed E-state index contributed by atoms with van der Waals surface area (Å²) in [4.78, 5) is 22.3. The van der Waals surface area contributed by atoms with Crippen LogP contribution in [0.4, 0.5) is 0 Å². The number of fused-ring (bicyclic) bond motifs is 1. The molecule has 200 valence electrons. The highest BCUT2D eigenvalue weighted by molar-refractivity contribution is 7.54. The molecule has 0 saturated heterocycles. The van der Waals surface area contributed by atoms with E-state index in [-0.39, 0.29) is 30.5 Å². The number of aryl methyl sites for hydroxylation is 2. The van der Waals surface area contributed by atoms with Crippen molar-refractivity contribution in [1.82, 2.24) is 24.9 Å². The van der Waals surface area contributed by atoms with Gasteiger partial charge in [-0.1, -0.05) is 24.3 Å². The van der Waals surface area contributed by atoms with Gasteiger partial charge in [0, 0.05) is 11.4 Å². The molecular formula is C26H30N5O6P. The molecule has 4 aromatic rings. The molecule has 38 heavy (non-hydrogen) atoms. The third-order valence-electron chi connectivity index (χ3n) is 5.57. The molecule has 0 radical (unpaired) electrons. The van der Waals surface area contributed by atoms with E-state index in [0.29, 0.717) is 17.1 Å². The van der Waals surface area contributed by atoms with Crippen molar-refractivity contribution in [2.24, 2.45) is 0 Å². The van der Waals surface area contributed by atoms with Crippen LogP contribution >= 0.6 is 7.60 Å². The van der Waals surface area contributed by atoms with Crippen LogP contribution in [0.15, 0.2) is 54.6 Å². The second-order valence-electron chi connectivity index (χ2n) is 8.27. The number of para-hydroxylation sites is 1. The molecule has 11 nitrogen and oxygen atoms in total. The van der Waals surface area contributed by atoms with E-state index in [0.717, 1.165) is 11.4 Å². The van der Waals surface area contributed by atoms with Crippen molar-refractivity contribution in [3.05, 3.63) is 77.1 Å². The van der Waals surface area contributed by atoms with Gasteiger partial charge in [-0.15, -0.1) is 5.10 Å². The van der Waals surface area contributed by atoms with E-state index in [2.05, 4.69) is 20.4 Å². The summed E-state index contributed by atoms with van der Waals surface area (Å²) in [5, 5.41) is 7.19. The molecule has 0 aliphatic rings. The van der Waals surface area contributed by atoms with Gasteiger partial charge in [-0.2, -0.15) is 9.50 Å². The van der Waals surface area contributed by atoms with Gasteiger partial charge in [-0.3, -0.25) is 9.36 Å². The summed E-state index contributed by atoms with van der Waals surface area (Å²) < 4.78 is 37.7. The van der Waals surface area contributed by atoms with Crippen LogP contribution < -0.4 is 14.8 Å². The molecule has 2 aromatic heterocycles. The number of amides is 1. The average Bonchev–Trinajstić information content (AvgIpc) is 3.30. The van der Waals surface area contributed by atoms with Gasteiger partial charge in [-0.25, -0.2) is 4.98 Å². The number of benzene rings is 2. The van der Waals surface area contributed by atoms with Gasteiger partial charge in [0.05, 0.1) is 25.9 Å². The molecule has 4 rings (SSSR count). The molecule has 1 N–H and O–H groups in total. The number of ether oxygens (including phenoxy) is 2. The largest absolute Gasteiger partial charge is 0.497 e. The van der Waals surface area contributed by atoms with Crippen molar-refractivity contribution >= 4 is 19.3 Å². The molecule has 0 aliphatic carbocycles. The van der Waals surface area contributed by atoms with Gasteiger partial charge in [-0.05, 0) is 63.6 Å². The Kier molecular flexibility index (Phi) is 8.41. The smallest absolute Gasteiger partial charge is 0.357 e. The van der Waals surface area contributed by atoms with E-state index in [1.54, 1.807) is 74.0 Å². The van der Waals surface area contributed by atoms with Gasteiger partial charge in [0.2, 0.25) is 0 Å². The first-order valence-corrected chi connectivity index (χ1v) is 13.7. The van der Waals surface area contributed by atoms with Crippen LogP contribution in [-0.4, -0.2) is 45.8 Å². The summed E-state index contributed by atoms with van der Waals surface area (Å²) in [6.45, 7) is 7.43. The van der Waals surface area contributed by atoms with Crippen molar-refractivity contribution in [2.45, 2.75) is 33.5 Å². The molecule has 0 fully saturated rings. The summed E-state index contributed by atoms with van der Waals surface area (Å²) in [5.41, 5.74) is 2.35. The average molecular weight is 540 g/mol. The standard InChI is InChI=1S/C26H30N5O6P/c1-6-35-38(33,36-7-2)24(19-12-14-20(34-5)15-13-19)28-23(32)21-10-8-9-11-22(21)37-26-29-25-27-17(3)16-18(4)31(25)30-26/h8-16,24H,6-7H2,1-5H3,(H,28,32). The Hall–Kier alpha value is -3.79. The first kappa shape index (κ1) is 27.3. The molecule has 1 atom stereocenters. The Bertz CT molecular complexity index is 1460. The predicted octanol–water partition coefficient (Wildman–Crippen LogP) is 5.24. The normalized spacial score (nSPS) is 12.3. The van der Waals surface area contributed by atoms with Gasteiger partial charge in [0.1, 0.15) is 11.5 Å². The lowest BCUT2D eigenvalue weighted by Crippen LogP contribution is -2.30. The summed E-state index contributed by atoms with van der Waals surface area (Å²) in [6.07, 6.45) is 0. The molecule has 0 spiro atoms. The van der Waals surface area contributed by atoms with Gasteiger partial charge >= 0.3 is 13.6 Å². The van der Waals surface area contributed by atoms with Crippen LogP contribution in [-0.2, 0) is 13.6 Å². The zero-order valence-electron chi connectivity index (χ0n) is 21.9. The molecule has 2 heterocycles. The van der Waals surface area contributed by atoms with E-state index in [1.807, 2.05) is 19.9 Å². The van der Waals surface area contributed by atoms with Crippen LogP contribution in [0.5, 0.6) is 17.5 Å². The van der Waals surface area contributed by atoms with E-state index >= 15 is 0 Å². The molecule has 0 aliphatic heterocycles. The number of hydrogen-bond donors (Lipinski definition) is 1. The first-order valence-electron chi connectivity index (χ1n) is 12.1. The number of rotatable bonds is 11. The number of nitrogens with zero attached hydrogens (tertiary/aromatic N) is 4. The SMILES string of the molecule is CCOP(=O)(OCC)C(NC(=O)c1ccccc1Oc1nc2nc(C)cc(C)n2n1)c1ccc(OC)cc1. The highest BCUT2D eigenvalue weighted by Gasteiger charge is 2.38. The summed E-state index contributed by atoms with van der Waals surface area (Å²) in [6, 6.07) is 15.4. The van der Waals surface area contributed by atoms with Crippen LogP contribution in [0.25, 0.3) is 5.78 Å². The second-order valence-corrected chi connectivity index (χ2v) is 10.4. The van der Waals surface area contributed by atoms with E-state index in [1.165, 1.54) is 0 Å². The van der Waals surface area contributed by atoms with Crippen molar-refractivity contribution < 1.29 is 27.9 Å². The minimum absolute atomic E-state index is 0.0347. The summed E-state index contributed by atoms with van der Waals surface area (Å²) in [7, 11) is -2.26. The van der Waals surface area contributed by atoms with Crippen LogP contribution in [0, 0.1) is 13.8 Å². The maximum Gasteiger partial charge on any atom is 0.357 e. The maximum absolute atomic E-state index is 13.8. The Balaban J connectivity index is 1.67. The Labute approximate surface area is 220 Å². The van der Waals surface area contributed by atoms with Crippen molar-refractivity contribution in [3.63, 3.8) is 0 Å². The maximum atomic E-state index is 13.8.